The number of carbonyl (C=O) groups is 2. The lowest BCUT2D eigenvalue weighted by atomic mass is 9.79. The van der Waals surface area contributed by atoms with Gasteiger partial charge in [-0.05, 0) is 13.0 Å². The van der Waals surface area contributed by atoms with Crippen molar-refractivity contribution in [2.75, 3.05) is 0 Å². The lowest BCUT2D eigenvalue weighted by Gasteiger charge is -2.49. The van der Waals surface area contributed by atoms with Crippen LogP contribution < -0.4 is 0 Å². The van der Waals surface area contributed by atoms with Gasteiger partial charge in [0.15, 0.2) is 0 Å². The predicted molar refractivity (Wildman–Crippen MR) is 53.7 cm³/mol. The van der Waals surface area contributed by atoms with Crippen molar-refractivity contribution in [2.24, 2.45) is 11.8 Å². The summed E-state index contributed by atoms with van der Waals surface area (Å²) in [6.45, 7) is 5.24. The third-order valence-electron chi connectivity index (χ3n) is 3.62. The number of ketones is 1. The normalized spacial score (nSPS) is 41.5. The molecule has 0 saturated carbocycles. The number of hydrogen-bond donors (Lipinski definition) is 1. The molecule has 84 valence electrons. The highest BCUT2D eigenvalue weighted by Crippen LogP contribution is 2.43. The van der Waals surface area contributed by atoms with E-state index in [4.69, 9.17) is 0 Å². The number of β-lactam (4-membered cyclic amide) rings is 1. The topological polar surface area (TPSA) is 57.6 Å². The molecule has 1 N–H and O–H groups in total. The van der Waals surface area contributed by atoms with E-state index in [9.17, 15) is 14.7 Å². The van der Waals surface area contributed by atoms with Gasteiger partial charge in [-0.15, -0.1) is 0 Å². The average Bonchev–Trinajstić information content (AvgIpc) is 2.38. The van der Waals surface area contributed by atoms with E-state index in [1.807, 2.05) is 6.92 Å². The maximum absolute atomic E-state index is 11.8. The Morgan fingerprint density at radius 3 is 2.53 bits per heavy atom. The minimum Gasteiger partial charge on any atom is -0.393 e. The fourth-order valence-corrected chi connectivity index (χ4v) is 2.82. The molecule has 2 saturated heterocycles. The lowest BCUT2D eigenvalue weighted by molar-refractivity contribution is -0.164. The number of Topliss-reactive ketones (excluding diaryl/α,β-unsaturated/α-hetero) is 1. The number of rotatable bonds is 2. The molecule has 5 unspecified atom stereocenters. The summed E-state index contributed by atoms with van der Waals surface area (Å²) in [5.74, 6) is -0.521. The molecular weight excluding hydrogens is 194 g/mol. The van der Waals surface area contributed by atoms with E-state index in [1.54, 1.807) is 25.2 Å². The van der Waals surface area contributed by atoms with Crippen molar-refractivity contribution in [1.82, 2.24) is 4.90 Å². The number of aliphatic hydroxyl groups is 1. The molecule has 4 heteroatoms. The second-order valence-corrected chi connectivity index (χ2v) is 4.47. The number of carbonyl (C=O) groups excluding carboxylic acids is 2. The molecule has 0 aromatic carbocycles. The van der Waals surface area contributed by atoms with Crippen LogP contribution in [0.15, 0.2) is 0 Å². The molecule has 15 heavy (non-hydrogen) atoms. The fourth-order valence-electron chi connectivity index (χ4n) is 2.82. The third-order valence-corrected chi connectivity index (χ3v) is 3.62. The second kappa shape index (κ2) is 3.30. The molecule has 1 amide bonds. The summed E-state index contributed by atoms with van der Waals surface area (Å²) in [7, 11) is 0. The number of amides is 1. The molecule has 2 fully saturated rings. The van der Waals surface area contributed by atoms with Crippen LogP contribution in [0, 0.1) is 18.3 Å². The van der Waals surface area contributed by atoms with Gasteiger partial charge >= 0.3 is 0 Å². The molecule has 2 rings (SSSR count). The van der Waals surface area contributed by atoms with Crippen LogP contribution in [0.1, 0.15) is 20.8 Å². The highest BCUT2D eigenvalue weighted by molar-refractivity contribution is 6.01. The maximum Gasteiger partial charge on any atom is 0.228 e. The highest BCUT2D eigenvalue weighted by Gasteiger charge is 2.59. The minimum absolute atomic E-state index is 0.0872. The zero-order chi connectivity index (χ0) is 11.3. The van der Waals surface area contributed by atoms with Crippen LogP contribution in [0.25, 0.3) is 0 Å². The van der Waals surface area contributed by atoms with Gasteiger partial charge in [0.2, 0.25) is 5.91 Å². The van der Waals surface area contributed by atoms with Gasteiger partial charge in [0.1, 0.15) is 5.78 Å². The first-order chi connectivity index (χ1) is 7.00. The molecule has 0 aromatic heterocycles. The molecular formula is C11H16NO3-. The Hall–Kier alpha value is -0.900. The molecule has 0 aliphatic carbocycles. The number of nitrogens with zero attached hydrogens (tertiary/aromatic N) is 1. The molecule has 4 nitrogen and oxygen atoms in total. The van der Waals surface area contributed by atoms with Crippen LogP contribution in [0.4, 0.5) is 0 Å². The van der Waals surface area contributed by atoms with Crippen molar-refractivity contribution in [3.8, 4) is 0 Å². The minimum atomic E-state index is -0.662. The first-order valence-corrected chi connectivity index (χ1v) is 5.34. The fraction of sp³-hybridized carbons (Fsp3) is 0.727. The van der Waals surface area contributed by atoms with Gasteiger partial charge in [-0.1, -0.05) is 6.92 Å². The highest BCUT2D eigenvalue weighted by atomic mass is 16.3. The predicted octanol–water partition coefficient (Wildman–Crippen LogP) is 0.00579. The smallest absolute Gasteiger partial charge is 0.228 e. The molecule has 0 radical (unpaired) electrons. The van der Waals surface area contributed by atoms with Crippen molar-refractivity contribution < 1.29 is 14.7 Å². The Morgan fingerprint density at radius 1 is 1.47 bits per heavy atom. The second-order valence-electron chi connectivity index (χ2n) is 4.47. The summed E-state index contributed by atoms with van der Waals surface area (Å²) in [6, 6.07) is -0.460. The van der Waals surface area contributed by atoms with Crippen molar-refractivity contribution in [3.63, 3.8) is 0 Å². The Morgan fingerprint density at radius 2 is 2.07 bits per heavy atom. The van der Waals surface area contributed by atoms with Crippen molar-refractivity contribution in [1.29, 1.82) is 0 Å². The Labute approximate surface area is 89.3 Å². The molecule has 0 spiro atoms. The van der Waals surface area contributed by atoms with Gasteiger partial charge in [0.05, 0.1) is 18.1 Å². The van der Waals surface area contributed by atoms with Gasteiger partial charge in [0.25, 0.3) is 0 Å². The molecule has 2 aliphatic heterocycles. The van der Waals surface area contributed by atoms with E-state index >= 15 is 0 Å². The summed E-state index contributed by atoms with van der Waals surface area (Å²) in [5.41, 5.74) is 0. The Balaban J connectivity index is 2.26. The molecule has 0 aromatic rings. The van der Waals surface area contributed by atoms with Crippen LogP contribution in [-0.4, -0.2) is 39.9 Å². The first-order valence-electron chi connectivity index (χ1n) is 5.34. The number of hydrogen-bond acceptors (Lipinski definition) is 3. The van der Waals surface area contributed by atoms with Crippen LogP contribution in [-0.2, 0) is 9.59 Å². The molecule has 0 bridgehead atoms. The van der Waals surface area contributed by atoms with Gasteiger partial charge < -0.3 is 21.2 Å². The number of aliphatic hydroxyl groups excluding tert-OH is 1. The van der Waals surface area contributed by atoms with Crippen LogP contribution in [0.2, 0.25) is 0 Å². The van der Waals surface area contributed by atoms with E-state index in [-0.39, 0.29) is 35.6 Å². The monoisotopic (exact) mass is 210 g/mol. The van der Waals surface area contributed by atoms with E-state index in [2.05, 4.69) is 0 Å². The third kappa shape index (κ3) is 1.17. The Kier molecular flexibility index (Phi) is 2.34. The summed E-state index contributed by atoms with van der Waals surface area (Å²) in [5, 5.41) is 9.48. The molecule has 2 heterocycles. The van der Waals surface area contributed by atoms with Gasteiger partial charge in [-0.25, -0.2) is 0 Å². The van der Waals surface area contributed by atoms with Crippen LogP contribution >= 0.6 is 0 Å². The Bertz CT molecular complexity index is 313. The maximum atomic E-state index is 11.8. The summed E-state index contributed by atoms with van der Waals surface area (Å²) >= 11 is 0. The summed E-state index contributed by atoms with van der Waals surface area (Å²) < 4.78 is 0. The quantitative estimate of drug-likeness (QED) is 0.516. The molecule has 5 atom stereocenters. The van der Waals surface area contributed by atoms with Gasteiger partial charge in [-0.2, -0.15) is 6.92 Å². The molecule has 2 aliphatic rings. The zero-order valence-electron chi connectivity index (χ0n) is 9.18. The van der Waals surface area contributed by atoms with Gasteiger partial charge in [-0.3, -0.25) is 4.79 Å². The van der Waals surface area contributed by atoms with E-state index < -0.39 is 6.10 Å². The van der Waals surface area contributed by atoms with Crippen LogP contribution in [0.5, 0.6) is 0 Å². The largest absolute Gasteiger partial charge is 0.393 e. The van der Waals surface area contributed by atoms with Crippen molar-refractivity contribution >= 4 is 11.7 Å². The first kappa shape index (κ1) is 10.6. The lowest BCUT2D eigenvalue weighted by Crippen LogP contribution is -2.64. The SMILES string of the molecule is C[CH-]C1C(=O)C(C)C2C(C(C)O)C(=O)N12. The standard InChI is InChI=1S/C11H16NO3/c1-4-7-10(14)5(2)9-8(6(3)13)11(15)12(7)9/h4-9,13H,1-3H3/q-1. The van der Waals surface area contributed by atoms with Crippen molar-refractivity contribution in [3.05, 3.63) is 6.42 Å². The van der Waals surface area contributed by atoms with E-state index in [0.717, 1.165) is 0 Å². The van der Waals surface area contributed by atoms with Gasteiger partial charge in [0, 0.05) is 5.92 Å². The summed E-state index contributed by atoms with van der Waals surface area (Å²) in [6.07, 6.45) is 1.10. The van der Waals surface area contributed by atoms with E-state index in [0.29, 0.717) is 0 Å². The van der Waals surface area contributed by atoms with Crippen molar-refractivity contribution in [2.45, 2.75) is 39.0 Å². The zero-order valence-corrected chi connectivity index (χ0v) is 9.18. The van der Waals surface area contributed by atoms with E-state index in [1.165, 1.54) is 0 Å². The average molecular weight is 210 g/mol. The summed E-state index contributed by atoms with van der Waals surface area (Å²) in [4.78, 5) is 25.2. The number of fused-ring (bicyclic) bond motifs is 1. The van der Waals surface area contributed by atoms with Crippen LogP contribution in [0.3, 0.4) is 0 Å².